The second-order valence-electron chi connectivity index (χ2n) is 7.91. The number of halogens is 3. The Bertz CT molecular complexity index is 1600. The zero-order valence-corrected chi connectivity index (χ0v) is 18.9. The molecule has 182 valence electrons. The van der Waals surface area contributed by atoms with Crippen molar-refractivity contribution in [1.82, 2.24) is 9.72 Å². The van der Waals surface area contributed by atoms with Crippen LogP contribution in [-0.2, 0) is 10.0 Å². The van der Waals surface area contributed by atoms with Gasteiger partial charge in [-0.15, -0.1) is 0 Å². The average Bonchev–Trinajstić information content (AvgIpc) is 3.29. The number of sulfonamides is 1. The van der Waals surface area contributed by atoms with E-state index in [1.54, 1.807) is 0 Å². The SMILES string of the molecule is COc1cc(N2CC(F)(F)C2)c(F)cc1-n1c(=O)ccc2cc(S(=O)(=O)Nc3ccon3)ccc21. The lowest BCUT2D eigenvalue weighted by Crippen LogP contribution is -2.56. The Morgan fingerprint density at radius 2 is 1.86 bits per heavy atom. The van der Waals surface area contributed by atoms with Crippen LogP contribution in [0.15, 0.2) is 69.0 Å². The van der Waals surface area contributed by atoms with Crippen molar-refractivity contribution >= 4 is 32.4 Å². The molecule has 35 heavy (non-hydrogen) atoms. The van der Waals surface area contributed by atoms with Gasteiger partial charge in [0.25, 0.3) is 21.5 Å². The Balaban J connectivity index is 1.60. The highest BCUT2D eigenvalue weighted by Crippen LogP contribution is 2.38. The van der Waals surface area contributed by atoms with E-state index in [1.807, 2.05) is 0 Å². The molecular formula is C22H17F3N4O5S. The molecular weight excluding hydrogens is 489 g/mol. The van der Waals surface area contributed by atoms with Crippen LogP contribution in [0.1, 0.15) is 0 Å². The van der Waals surface area contributed by atoms with Gasteiger partial charge in [0.1, 0.15) is 17.8 Å². The quantitative estimate of drug-likeness (QED) is 0.427. The van der Waals surface area contributed by atoms with E-state index in [9.17, 15) is 26.4 Å². The van der Waals surface area contributed by atoms with E-state index in [4.69, 9.17) is 4.74 Å². The van der Waals surface area contributed by atoms with Gasteiger partial charge in [-0.1, -0.05) is 5.16 Å². The second kappa shape index (κ2) is 8.05. The molecule has 3 heterocycles. The van der Waals surface area contributed by atoms with Crippen LogP contribution >= 0.6 is 0 Å². The van der Waals surface area contributed by atoms with E-state index < -0.39 is 40.4 Å². The fourth-order valence-electron chi connectivity index (χ4n) is 3.90. The number of nitrogens with zero attached hydrogens (tertiary/aromatic N) is 3. The number of fused-ring (bicyclic) bond motifs is 1. The van der Waals surface area contributed by atoms with Crippen molar-refractivity contribution in [2.75, 3.05) is 29.8 Å². The Hall–Kier alpha value is -4.00. The molecule has 2 aromatic heterocycles. The molecule has 13 heteroatoms. The summed E-state index contributed by atoms with van der Waals surface area (Å²) >= 11 is 0. The van der Waals surface area contributed by atoms with E-state index in [0.717, 1.165) is 10.6 Å². The summed E-state index contributed by atoms with van der Waals surface area (Å²) in [6, 6.07) is 10.3. The van der Waals surface area contributed by atoms with Crippen LogP contribution in [0.4, 0.5) is 24.7 Å². The Morgan fingerprint density at radius 3 is 2.51 bits per heavy atom. The van der Waals surface area contributed by atoms with Crippen LogP contribution in [0.2, 0.25) is 0 Å². The van der Waals surface area contributed by atoms with Crippen molar-refractivity contribution in [1.29, 1.82) is 0 Å². The van der Waals surface area contributed by atoms with Crippen molar-refractivity contribution in [2.24, 2.45) is 0 Å². The second-order valence-corrected chi connectivity index (χ2v) is 9.59. The smallest absolute Gasteiger partial charge is 0.282 e. The third-order valence-electron chi connectivity index (χ3n) is 5.53. The van der Waals surface area contributed by atoms with Gasteiger partial charge in [-0.05, 0) is 24.3 Å². The zero-order valence-electron chi connectivity index (χ0n) is 18.0. The number of benzene rings is 2. The number of hydrogen-bond donors (Lipinski definition) is 1. The van der Waals surface area contributed by atoms with Gasteiger partial charge in [0.15, 0.2) is 5.82 Å². The Labute approximate surface area is 196 Å². The summed E-state index contributed by atoms with van der Waals surface area (Å²) < 4.78 is 80.3. The highest BCUT2D eigenvalue weighted by molar-refractivity contribution is 7.92. The molecule has 5 rings (SSSR count). The summed E-state index contributed by atoms with van der Waals surface area (Å²) in [6.45, 7) is -1.25. The van der Waals surface area contributed by atoms with E-state index in [2.05, 4.69) is 14.4 Å². The molecule has 0 radical (unpaired) electrons. The number of methoxy groups -OCH3 is 1. The molecule has 0 saturated carbocycles. The minimum atomic E-state index is -4.01. The van der Waals surface area contributed by atoms with Gasteiger partial charge in [0.05, 0.1) is 42.0 Å². The first-order chi connectivity index (χ1) is 16.6. The molecule has 0 amide bonds. The van der Waals surface area contributed by atoms with Crippen LogP contribution in [0.3, 0.4) is 0 Å². The van der Waals surface area contributed by atoms with E-state index in [1.165, 1.54) is 60.7 Å². The summed E-state index contributed by atoms with van der Waals surface area (Å²) in [5, 5.41) is 3.88. The third kappa shape index (κ3) is 4.07. The lowest BCUT2D eigenvalue weighted by molar-refractivity contribution is -0.0265. The number of anilines is 2. The van der Waals surface area contributed by atoms with Crippen molar-refractivity contribution < 1.29 is 30.8 Å². The monoisotopic (exact) mass is 506 g/mol. The van der Waals surface area contributed by atoms with E-state index in [-0.39, 0.29) is 33.4 Å². The zero-order chi connectivity index (χ0) is 25.0. The van der Waals surface area contributed by atoms with E-state index >= 15 is 0 Å². The molecule has 1 aliphatic heterocycles. The molecule has 2 aromatic carbocycles. The van der Waals surface area contributed by atoms with Crippen molar-refractivity contribution in [3.8, 4) is 11.4 Å². The molecule has 1 aliphatic rings. The minimum absolute atomic E-state index is 0.00432. The van der Waals surface area contributed by atoms with Crippen LogP contribution in [0.25, 0.3) is 16.6 Å². The molecule has 0 atom stereocenters. The maximum Gasteiger partial charge on any atom is 0.282 e. The summed E-state index contributed by atoms with van der Waals surface area (Å²) in [5.74, 6) is -3.63. The summed E-state index contributed by atoms with van der Waals surface area (Å²) in [6.07, 6.45) is 1.21. The van der Waals surface area contributed by atoms with Gasteiger partial charge in [-0.2, -0.15) is 0 Å². The molecule has 0 bridgehead atoms. The minimum Gasteiger partial charge on any atom is -0.494 e. The number of nitrogens with one attached hydrogen (secondary N) is 1. The van der Waals surface area contributed by atoms with Crippen LogP contribution in [-0.4, -0.2) is 44.3 Å². The molecule has 1 saturated heterocycles. The maximum absolute atomic E-state index is 14.9. The first-order valence-corrected chi connectivity index (χ1v) is 11.7. The standard InChI is InChI=1S/C22H17F3N4O5S/c1-33-19-10-17(28-11-22(24,25)12-28)15(23)9-18(19)29-16-4-3-14(8-13(16)2-5-21(29)30)35(31,32)27-20-6-7-34-26-20/h2-10H,11-12H2,1H3,(H,26,27). The lowest BCUT2D eigenvalue weighted by Gasteiger charge is -2.40. The van der Waals surface area contributed by atoms with Crippen LogP contribution < -0.4 is 19.9 Å². The first-order valence-electron chi connectivity index (χ1n) is 10.2. The normalized spacial score (nSPS) is 15.1. The van der Waals surface area contributed by atoms with Gasteiger partial charge < -0.3 is 14.2 Å². The van der Waals surface area contributed by atoms with Crippen molar-refractivity contribution in [3.63, 3.8) is 0 Å². The number of hydrogen-bond acceptors (Lipinski definition) is 7. The Kier molecular flexibility index (Phi) is 5.24. The topological polar surface area (TPSA) is 107 Å². The van der Waals surface area contributed by atoms with Gasteiger partial charge >= 0.3 is 0 Å². The van der Waals surface area contributed by atoms with Gasteiger partial charge in [0, 0.05) is 29.7 Å². The van der Waals surface area contributed by atoms with E-state index in [0.29, 0.717) is 5.39 Å². The first kappa shape index (κ1) is 22.8. The summed E-state index contributed by atoms with van der Waals surface area (Å²) in [4.78, 5) is 13.9. The summed E-state index contributed by atoms with van der Waals surface area (Å²) in [5.41, 5.74) is -0.293. The molecule has 1 N–H and O–H groups in total. The van der Waals surface area contributed by atoms with Gasteiger partial charge in [0.2, 0.25) is 0 Å². The molecule has 9 nitrogen and oxygen atoms in total. The fourth-order valence-corrected chi connectivity index (χ4v) is 4.92. The largest absolute Gasteiger partial charge is 0.494 e. The summed E-state index contributed by atoms with van der Waals surface area (Å²) in [7, 11) is -2.71. The fraction of sp³-hybridized carbons (Fsp3) is 0.182. The number of ether oxygens (including phenoxy) is 1. The van der Waals surface area contributed by atoms with Gasteiger partial charge in [-0.3, -0.25) is 14.1 Å². The number of aromatic nitrogens is 2. The van der Waals surface area contributed by atoms with Crippen LogP contribution in [0, 0.1) is 5.82 Å². The predicted octanol–water partition coefficient (Wildman–Crippen LogP) is 3.38. The lowest BCUT2D eigenvalue weighted by atomic mass is 10.1. The van der Waals surface area contributed by atoms with Crippen molar-refractivity contribution in [3.05, 3.63) is 71.0 Å². The number of pyridine rings is 1. The molecule has 0 spiro atoms. The maximum atomic E-state index is 14.9. The molecule has 0 unspecified atom stereocenters. The van der Waals surface area contributed by atoms with Gasteiger partial charge in [-0.25, -0.2) is 21.6 Å². The van der Waals surface area contributed by atoms with Crippen LogP contribution in [0.5, 0.6) is 5.75 Å². The highest BCUT2D eigenvalue weighted by atomic mass is 32.2. The predicted molar refractivity (Wildman–Crippen MR) is 121 cm³/mol. The third-order valence-corrected chi connectivity index (χ3v) is 6.88. The highest BCUT2D eigenvalue weighted by Gasteiger charge is 2.45. The Morgan fingerprint density at radius 1 is 1.09 bits per heavy atom. The molecule has 4 aromatic rings. The number of alkyl halides is 2. The number of rotatable bonds is 6. The van der Waals surface area contributed by atoms with Crippen molar-refractivity contribution in [2.45, 2.75) is 10.8 Å². The molecule has 1 fully saturated rings. The average molecular weight is 506 g/mol. The molecule has 0 aliphatic carbocycles.